The van der Waals surface area contributed by atoms with Crippen LogP contribution in [0.2, 0.25) is 0 Å². The highest BCUT2D eigenvalue weighted by molar-refractivity contribution is 7.47. The lowest BCUT2D eigenvalue weighted by Crippen LogP contribution is -2.30. The molecule has 89 heavy (non-hydrogen) atoms. The first-order valence-electron chi connectivity index (χ1n) is 36.5. The Hall–Kier alpha value is -1.94. The number of phosphoric acid groups is 2. The van der Waals surface area contributed by atoms with Crippen molar-refractivity contribution >= 4 is 39.5 Å². The third kappa shape index (κ3) is 63.2. The predicted octanol–water partition coefficient (Wildman–Crippen LogP) is 20.0. The Bertz CT molecular complexity index is 1740. The minimum absolute atomic E-state index is 0.103. The number of unbranched alkanes of at least 4 members (excludes halogenated alkanes) is 38. The Kier molecular flexibility index (Phi) is 60.8. The molecule has 0 aromatic heterocycles. The second-order valence-electron chi connectivity index (χ2n) is 26.0. The summed E-state index contributed by atoms with van der Waals surface area (Å²) in [5.74, 6) is -0.619. The standard InChI is InChI=1S/C70H136O17P2/c1-7-10-12-14-16-18-20-22-26-30-34-41-47-53-68(73)80-58-65(86-69(74)54-48-42-35-31-27-24-21-23-25-28-32-38-44-50-62(4)5)60-84-88(76,77)82-56-64(71)57-83-89(78,79)85-61-66(87-70(75)55-49-43-37-36-39-45-51-63(6)9-3)59-81-67(72)52-46-40-33-29-19-17-15-13-11-8-2/h62-66,71H,7-61H2,1-6H3,(H,76,77)(H,78,79)/t63?,64-,65-,66-/m1/s1. The van der Waals surface area contributed by atoms with E-state index in [9.17, 15) is 43.2 Å². The average molecular weight is 1310 g/mol. The predicted molar refractivity (Wildman–Crippen MR) is 358 cm³/mol. The Balaban J connectivity index is 5.24. The minimum Gasteiger partial charge on any atom is -0.462 e. The smallest absolute Gasteiger partial charge is 0.462 e. The summed E-state index contributed by atoms with van der Waals surface area (Å²) in [6.45, 7) is 9.51. The molecule has 0 aliphatic carbocycles. The van der Waals surface area contributed by atoms with Gasteiger partial charge in [-0.25, -0.2) is 9.13 Å². The van der Waals surface area contributed by atoms with Gasteiger partial charge >= 0.3 is 39.5 Å². The molecule has 0 spiro atoms. The Morgan fingerprint density at radius 2 is 0.573 bits per heavy atom. The first-order valence-corrected chi connectivity index (χ1v) is 39.5. The van der Waals surface area contributed by atoms with Gasteiger partial charge in [0.25, 0.3) is 0 Å². The van der Waals surface area contributed by atoms with Crippen molar-refractivity contribution in [1.29, 1.82) is 0 Å². The fraction of sp³-hybridized carbons (Fsp3) is 0.943. The van der Waals surface area contributed by atoms with Gasteiger partial charge in [-0.15, -0.1) is 0 Å². The highest BCUT2D eigenvalue weighted by Gasteiger charge is 2.30. The number of phosphoric ester groups is 2. The number of aliphatic hydroxyl groups excluding tert-OH is 1. The number of esters is 4. The van der Waals surface area contributed by atoms with E-state index in [0.717, 1.165) is 102 Å². The number of hydrogen-bond acceptors (Lipinski definition) is 15. The van der Waals surface area contributed by atoms with Gasteiger partial charge < -0.3 is 33.8 Å². The van der Waals surface area contributed by atoms with Gasteiger partial charge in [0.2, 0.25) is 0 Å². The van der Waals surface area contributed by atoms with Gasteiger partial charge in [0.1, 0.15) is 19.3 Å². The molecule has 3 unspecified atom stereocenters. The summed E-state index contributed by atoms with van der Waals surface area (Å²) in [6, 6.07) is 0. The monoisotopic (exact) mass is 1310 g/mol. The van der Waals surface area contributed by atoms with E-state index in [0.29, 0.717) is 25.7 Å². The van der Waals surface area contributed by atoms with Gasteiger partial charge in [-0.1, -0.05) is 305 Å². The summed E-state index contributed by atoms with van der Waals surface area (Å²) in [7, 11) is -9.90. The Morgan fingerprint density at radius 1 is 0.326 bits per heavy atom. The molecule has 19 heteroatoms. The van der Waals surface area contributed by atoms with E-state index >= 15 is 0 Å². The van der Waals surface area contributed by atoms with Crippen LogP contribution in [0.25, 0.3) is 0 Å². The molecule has 0 rings (SSSR count). The maximum atomic E-state index is 13.0. The van der Waals surface area contributed by atoms with Crippen LogP contribution in [-0.4, -0.2) is 96.7 Å². The van der Waals surface area contributed by atoms with Crippen LogP contribution < -0.4 is 0 Å². The van der Waals surface area contributed by atoms with Crippen LogP contribution in [0, 0.1) is 11.8 Å². The molecule has 0 aromatic rings. The zero-order valence-corrected chi connectivity index (χ0v) is 59.5. The lowest BCUT2D eigenvalue weighted by molar-refractivity contribution is -0.161. The molecule has 0 aliphatic rings. The Labute approximate surface area is 543 Å². The topological polar surface area (TPSA) is 237 Å². The molecule has 0 aromatic carbocycles. The number of aliphatic hydroxyl groups is 1. The second kappa shape index (κ2) is 62.2. The van der Waals surface area contributed by atoms with Crippen LogP contribution in [0.1, 0.15) is 356 Å². The zero-order chi connectivity index (χ0) is 65.7. The summed E-state index contributed by atoms with van der Waals surface area (Å²) >= 11 is 0. The highest BCUT2D eigenvalue weighted by Crippen LogP contribution is 2.45. The van der Waals surface area contributed by atoms with Crippen molar-refractivity contribution in [2.24, 2.45) is 11.8 Å². The Morgan fingerprint density at radius 3 is 0.854 bits per heavy atom. The molecule has 0 radical (unpaired) electrons. The molecule has 6 atom stereocenters. The fourth-order valence-electron chi connectivity index (χ4n) is 10.6. The van der Waals surface area contributed by atoms with E-state index in [4.69, 9.17) is 37.0 Å². The normalized spacial score (nSPS) is 14.4. The van der Waals surface area contributed by atoms with E-state index in [1.807, 2.05) is 0 Å². The van der Waals surface area contributed by atoms with Crippen LogP contribution in [0.5, 0.6) is 0 Å². The van der Waals surface area contributed by atoms with Crippen molar-refractivity contribution in [3.05, 3.63) is 0 Å². The second-order valence-corrected chi connectivity index (χ2v) is 28.9. The van der Waals surface area contributed by atoms with E-state index in [2.05, 4.69) is 41.5 Å². The minimum atomic E-state index is -4.95. The lowest BCUT2D eigenvalue weighted by Gasteiger charge is -2.21. The molecule has 0 heterocycles. The van der Waals surface area contributed by atoms with Crippen LogP contribution in [-0.2, 0) is 65.4 Å². The lowest BCUT2D eigenvalue weighted by atomic mass is 10.00. The first kappa shape index (κ1) is 87.1. The van der Waals surface area contributed by atoms with E-state index in [1.165, 1.54) is 173 Å². The zero-order valence-electron chi connectivity index (χ0n) is 57.7. The van der Waals surface area contributed by atoms with Crippen molar-refractivity contribution in [1.82, 2.24) is 0 Å². The summed E-state index contributed by atoms with van der Waals surface area (Å²) in [4.78, 5) is 72.5. The number of rotatable bonds is 69. The van der Waals surface area contributed by atoms with Gasteiger partial charge in [-0.3, -0.25) is 37.3 Å². The van der Waals surface area contributed by atoms with Crippen LogP contribution in [0.15, 0.2) is 0 Å². The molecule has 3 N–H and O–H groups in total. The average Bonchev–Trinajstić information content (AvgIpc) is 3.72. The van der Waals surface area contributed by atoms with Gasteiger partial charge in [0, 0.05) is 25.7 Å². The van der Waals surface area contributed by atoms with Gasteiger partial charge in [0.05, 0.1) is 26.4 Å². The summed E-state index contributed by atoms with van der Waals surface area (Å²) in [6.07, 6.45) is 47.1. The quantitative estimate of drug-likeness (QED) is 0.0222. The van der Waals surface area contributed by atoms with Gasteiger partial charge in [-0.05, 0) is 37.5 Å². The van der Waals surface area contributed by atoms with Crippen molar-refractivity contribution in [2.45, 2.75) is 374 Å². The maximum Gasteiger partial charge on any atom is 0.472 e. The third-order valence-electron chi connectivity index (χ3n) is 16.6. The molecule has 0 amide bonds. The highest BCUT2D eigenvalue weighted by atomic mass is 31.2. The number of ether oxygens (including phenoxy) is 4. The number of carbonyl (C=O) groups excluding carboxylic acids is 4. The number of carbonyl (C=O) groups is 4. The molecular weight excluding hydrogens is 1170 g/mol. The van der Waals surface area contributed by atoms with Gasteiger partial charge in [0.15, 0.2) is 12.2 Å². The summed E-state index contributed by atoms with van der Waals surface area (Å²) < 4.78 is 68.3. The molecular formula is C70H136O17P2. The molecule has 0 fully saturated rings. The first-order chi connectivity index (χ1) is 42.9. The largest absolute Gasteiger partial charge is 0.472 e. The SMILES string of the molecule is CCCCCCCCCCCCCCCC(=O)OC[C@H](COP(=O)(O)OC[C@@H](O)COP(=O)(O)OC[C@@H](COC(=O)CCCCCCCCCCCC)OC(=O)CCCCCCCCC(C)CC)OC(=O)CCCCCCCCCCCCCCCC(C)C. The van der Waals surface area contributed by atoms with Crippen LogP contribution >= 0.6 is 15.6 Å². The third-order valence-corrected chi connectivity index (χ3v) is 18.5. The van der Waals surface area contributed by atoms with Crippen molar-refractivity contribution in [3.63, 3.8) is 0 Å². The van der Waals surface area contributed by atoms with Gasteiger partial charge in [-0.2, -0.15) is 0 Å². The molecule has 17 nitrogen and oxygen atoms in total. The van der Waals surface area contributed by atoms with Crippen molar-refractivity contribution in [3.8, 4) is 0 Å². The van der Waals surface area contributed by atoms with Crippen LogP contribution in [0.3, 0.4) is 0 Å². The molecule has 0 aliphatic heterocycles. The van der Waals surface area contributed by atoms with E-state index < -0.39 is 97.5 Å². The molecule has 0 bridgehead atoms. The summed E-state index contributed by atoms with van der Waals surface area (Å²) in [5, 5.41) is 10.6. The van der Waals surface area contributed by atoms with Crippen molar-refractivity contribution < 1.29 is 80.2 Å². The van der Waals surface area contributed by atoms with Crippen molar-refractivity contribution in [2.75, 3.05) is 39.6 Å². The summed E-state index contributed by atoms with van der Waals surface area (Å²) in [5.41, 5.74) is 0. The molecule has 0 saturated heterocycles. The maximum absolute atomic E-state index is 13.0. The fourth-order valence-corrected chi connectivity index (χ4v) is 12.1. The van der Waals surface area contributed by atoms with E-state index in [-0.39, 0.29) is 25.7 Å². The van der Waals surface area contributed by atoms with E-state index in [1.54, 1.807) is 0 Å². The number of hydrogen-bond donors (Lipinski definition) is 3. The molecule has 0 saturated carbocycles. The molecule has 528 valence electrons. The van der Waals surface area contributed by atoms with Crippen LogP contribution in [0.4, 0.5) is 0 Å².